The van der Waals surface area contributed by atoms with Crippen molar-refractivity contribution in [2.75, 3.05) is 11.9 Å². The number of carbonyl (C=O) groups excluding carboxylic acids is 2. The largest absolute Gasteiger partial charge is 0.347 e. The van der Waals surface area contributed by atoms with Gasteiger partial charge >= 0.3 is 0 Å². The Morgan fingerprint density at radius 2 is 1.93 bits per heavy atom. The number of hydrogen-bond donors (Lipinski definition) is 2. The van der Waals surface area contributed by atoms with Crippen LogP contribution >= 0.6 is 0 Å². The Morgan fingerprint density at radius 3 is 2.83 bits per heavy atom. The zero-order chi connectivity index (χ0) is 20.5. The second-order valence-corrected chi connectivity index (χ2v) is 8.24. The highest BCUT2D eigenvalue weighted by Crippen LogP contribution is 2.31. The molecule has 2 N–H and O–H groups in total. The van der Waals surface area contributed by atoms with Crippen molar-refractivity contribution in [1.29, 1.82) is 0 Å². The number of fused-ring (bicyclic) bond motifs is 2. The van der Waals surface area contributed by atoms with E-state index in [1.54, 1.807) is 4.90 Å². The monoisotopic (exact) mass is 402 g/mol. The lowest BCUT2D eigenvalue weighted by Gasteiger charge is -2.25. The fourth-order valence-corrected chi connectivity index (χ4v) is 4.81. The molecule has 1 radical (unpaired) electrons. The van der Waals surface area contributed by atoms with E-state index in [1.165, 1.54) is 11.1 Å². The van der Waals surface area contributed by atoms with Gasteiger partial charge in [0.25, 0.3) is 5.84 Å². The van der Waals surface area contributed by atoms with Gasteiger partial charge in [-0.05, 0) is 53.9 Å². The molecule has 1 aliphatic carbocycles. The minimum atomic E-state index is -0.360. The third-order valence-electron chi connectivity index (χ3n) is 6.34. The number of anilines is 1. The maximum Gasteiger partial charge on any atom is 0.298 e. The summed E-state index contributed by atoms with van der Waals surface area (Å²) in [5.41, 5.74) is 4.42. The number of hydrogen-bond acceptors (Lipinski definition) is 4. The molecular weight excluding hydrogens is 376 g/mol. The van der Waals surface area contributed by atoms with Crippen LogP contribution in [0.4, 0.5) is 11.4 Å². The van der Waals surface area contributed by atoms with E-state index in [0.717, 1.165) is 42.9 Å². The average Bonchev–Trinajstić information content (AvgIpc) is 3.50. The molecule has 30 heavy (non-hydrogen) atoms. The molecule has 5 rings (SSSR count). The van der Waals surface area contributed by atoms with E-state index < -0.39 is 0 Å². The number of carbonyl (C=O) groups is 2. The predicted molar refractivity (Wildman–Crippen MR) is 116 cm³/mol. The van der Waals surface area contributed by atoms with Gasteiger partial charge in [0.2, 0.25) is 17.5 Å². The number of aryl methyl sites for hydroxylation is 1. The third kappa shape index (κ3) is 3.58. The number of benzene rings is 2. The van der Waals surface area contributed by atoms with Crippen LogP contribution in [0.25, 0.3) is 0 Å². The molecule has 1 fully saturated rings. The summed E-state index contributed by atoms with van der Waals surface area (Å²) in [7, 11) is 0. The van der Waals surface area contributed by atoms with E-state index in [2.05, 4.69) is 27.8 Å². The number of amides is 2. The fourth-order valence-electron chi connectivity index (χ4n) is 4.81. The smallest absolute Gasteiger partial charge is 0.298 e. The maximum absolute atomic E-state index is 13.0. The molecule has 2 atom stereocenters. The molecule has 3 aliphatic rings. The first-order valence-electron chi connectivity index (χ1n) is 10.8. The molecule has 1 unspecified atom stereocenters. The molecule has 6 nitrogen and oxygen atoms in total. The van der Waals surface area contributed by atoms with Crippen LogP contribution in [0.2, 0.25) is 0 Å². The summed E-state index contributed by atoms with van der Waals surface area (Å²) in [6, 6.07) is 15.8. The molecule has 2 aromatic carbocycles. The first-order valence-corrected chi connectivity index (χ1v) is 10.8. The first-order chi connectivity index (χ1) is 14.7. The number of nitrogens with one attached hydrogen (secondary N) is 2. The van der Waals surface area contributed by atoms with Gasteiger partial charge in [-0.3, -0.25) is 9.59 Å². The van der Waals surface area contributed by atoms with E-state index in [4.69, 9.17) is 0 Å². The summed E-state index contributed by atoms with van der Waals surface area (Å²) in [5.74, 6) is 0.818. The predicted octanol–water partition coefficient (Wildman–Crippen LogP) is 3.05. The Labute approximate surface area is 176 Å². The molecule has 153 valence electrons. The molecule has 2 amide bonds. The van der Waals surface area contributed by atoms with E-state index >= 15 is 0 Å². The Kier molecular flexibility index (Phi) is 4.99. The highest BCUT2D eigenvalue weighted by molar-refractivity contribution is 6.04. The fraction of sp³-hybridized carbons (Fsp3) is 0.375. The van der Waals surface area contributed by atoms with Crippen molar-refractivity contribution in [3.63, 3.8) is 0 Å². The topological polar surface area (TPSA) is 75.5 Å². The van der Waals surface area contributed by atoms with Crippen LogP contribution in [0.5, 0.6) is 0 Å². The summed E-state index contributed by atoms with van der Waals surface area (Å²) >= 11 is 0. The normalized spacial score (nSPS) is 21.6. The van der Waals surface area contributed by atoms with Crippen LogP contribution in [0.15, 0.2) is 48.5 Å². The maximum atomic E-state index is 13.0. The molecule has 2 aromatic rings. The second kappa shape index (κ2) is 7.94. The molecule has 1 saturated heterocycles. The first kappa shape index (κ1) is 18.9. The van der Waals surface area contributed by atoms with Crippen molar-refractivity contribution in [1.82, 2.24) is 15.2 Å². The quantitative estimate of drug-likeness (QED) is 0.807. The number of para-hydroxylation sites is 2. The summed E-state index contributed by atoms with van der Waals surface area (Å²) in [6.07, 6.45) is 4.43. The summed E-state index contributed by atoms with van der Waals surface area (Å²) in [5, 5.41) is 6.47. The highest BCUT2D eigenvalue weighted by atomic mass is 16.2. The lowest BCUT2D eigenvalue weighted by Crippen LogP contribution is -2.46. The van der Waals surface area contributed by atoms with Gasteiger partial charge < -0.3 is 10.2 Å². The zero-order valence-electron chi connectivity index (χ0n) is 16.9. The molecule has 0 bridgehead atoms. The lowest BCUT2D eigenvalue weighted by atomic mass is 10.1. The number of aliphatic imine (C=N–C) groups is 1. The van der Waals surface area contributed by atoms with Crippen molar-refractivity contribution in [2.24, 2.45) is 0 Å². The van der Waals surface area contributed by atoms with Crippen molar-refractivity contribution in [3.8, 4) is 0 Å². The molecular formula is C24H26N4O2+. The minimum Gasteiger partial charge on any atom is -0.347 e. The Bertz CT molecular complexity index is 1020. The lowest BCUT2D eigenvalue weighted by molar-refractivity contribution is -0.138. The van der Waals surface area contributed by atoms with Crippen LogP contribution < -0.4 is 15.6 Å². The van der Waals surface area contributed by atoms with Gasteiger partial charge in [-0.25, -0.2) is 5.32 Å². The van der Waals surface area contributed by atoms with Crippen LogP contribution in [0.1, 0.15) is 49.3 Å². The number of amidine groups is 1. The Hall–Kier alpha value is -3.15. The molecule has 2 aliphatic heterocycles. The molecule has 0 spiro atoms. The standard InChI is InChI=1S/C24H26N4O2/c29-23(14-13-22-25-19-8-3-4-9-20(19)26-22)28-15-5-10-21(28)24(30)27-18-12-11-16-6-1-2-7-17(16)18/h1-4,6-9,18,21,25H,5,10-15H2,(H,27,30)/q+1/t18?,21-/m0/s1. The van der Waals surface area contributed by atoms with Crippen molar-refractivity contribution < 1.29 is 9.59 Å². The van der Waals surface area contributed by atoms with E-state index in [-0.39, 0.29) is 23.9 Å². The van der Waals surface area contributed by atoms with Crippen molar-refractivity contribution >= 4 is 29.0 Å². The van der Waals surface area contributed by atoms with Gasteiger partial charge in [-0.2, -0.15) is 0 Å². The third-order valence-corrected chi connectivity index (χ3v) is 6.34. The van der Waals surface area contributed by atoms with Crippen molar-refractivity contribution in [3.05, 3.63) is 59.7 Å². The van der Waals surface area contributed by atoms with Gasteiger partial charge in [0.1, 0.15) is 6.04 Å². The second-order valence-electron chi connectivity index (χ2n) is 8.24. The zero-order valence-corrected chi connectivity index (χ0v) is 16.9. The van der Waals surface area contributed by atoms with Crippen LogP contribution in [-0.4, -0.2) is 35.1 Å². The molecule has 0 aromatic heterocycles. The van der Waals surface area contributed by atoms with Gasteiger partial charge in [0.15, 0.2) is 5.69 Å². The van der Waals surface area contributed by atoms with E-state index in [9.17, 15) is 9.59 Å². The Morgan fingerprint density at radius 1 is 1.10 bits per heavy atom. The summed E-state index contributed by atoms with van der Waals surface area (Å²) in [4.78, 5) is 32.2. The average molecular weight is 402 g/mol. The van der Waals surface area contributed by atoms with E-state index in [1.807, 2.05) is 36.4 Å². The van der Waals surface area contributed by atoms with Gasteiger partial charge in [0, 0.05) is 13.0 Å². The highest BCUT2D eigenvalue weighted by Gasteiger charge is 2.36. The molecule has 2 heterocycles. The van der Waals surface area contributed by atoms with Crippen LogP contribution in [-0.2, 0) is 16.0 Å². The molecule has 6 heteroatoms. The van der Waals surface area contributed by atoms with Gasteiger partial charge in [-0.15, -0.1) is 0 Å². The minimum absolute atomic E-state index is 0.0220. The van der Waals surface area contributed by atoms with Crippen LogP contribution in [0, 0.1) is 0 Å². The van der Waals surface area contributed by atoms with Crippen molar-refractivity contribution in [2.45, 2.75) is 50.6 Å². The van der Waals surface area contributed by atoms with Gasteiger partial charge in [0.05, 0.1) is 12.5 Å². The van der Waals surface area contributed by atoms with Crippen LogP contribution in [0.3, 0.4) is 0 Å². The van der Waals surface area contributed by atoms with E-state index in [0.29, 0.717) is 19.4 Å². The number of nitrogens with zero attached hydrogens (tertiary/aromatic N) is 2. The Balaban J connectivity index is 1.18. The number of likely N-dealkylation sites (tertiary alicyclic amines) is 1. The molecule has 0 saturated carbocycles. The summed E-state index contributed by atoms with van der Waals surface area (Å²) in [6.45, 7) is 0.651. The number of rotatable bonds is 5. The summed E-state index contributed by atoms with van der Waals surface area (Å²) < 4.78 is 0. The SMILES string of the molecule is O=C(NC1CCc2ccccc21)[C@@H]1CCCN1C(=O)CCC1=[N+]c2ccccc2N1. The van der Waals surface area contributed by atoms with Gasteiger partial charge in [-0.1, -0.05) is 36.4 Å².